The van der Waals surface area contributed by atoms with Gasteiger partial charge >= 0.3 is 6.18 Å². The van der Waals surface area contributed by atoms with Crippen molar-refractivity contribution in [2.24, 2.45) is 0 Å². The zero-order chi connectivity index (χ0) is 17.3. The SMILES string of the molecule is COc1ccc2c(c1)CC/C(=C\c1ccc(C(F)(F)F)cc1)C2=O. The fourth-order valence-corrected chi connectivity index (χ4v) is 2.79. The van der Waals surface area contributed by atoms with E-state index in [0.29, 0.717) is 35.3 Å². The Morgan fingerprint density at radius 2 is 1.75 bits per heavy atom. The molecule has 2 aromatic carbocycles. The van der Waals surface area contributed by atoms with Crippen molar-refractivity contribution in [1.82, 2.24) is 0 Å². The minimum absolute atomic E-state index is 0.0844. The summed E-state index contributed by atoms with van der Waals surface area (Å²) in [6, 6.07) is 10.1. The highest BCUT2D eigenvalue weighted by Crippen LogP contribution is 2.31. The summed E-state index contributed by atoms with van der Waals surface area (Å²) in [6.07, 6.45) is -1.44. The van der Waals surface area contributed by atoms with Gasteiger partial charge in [0.2, 0.25) is 0 Å². The van der Waals surface area contributed by atoms with Gasteiger partial charge in [-0.1, -0.05) is 12.1 Å². The van der Waals surface area contributed by atoms with E-state index in [0.717, 1.165) is 17.7 Å². The first kappa shape index (κ1) is 16.3. The molecular formula is C19H15F3O2. The van der Waals surface area contributed by atoms with Gasteiger partial charge in [0.15, 0.2) is 5.78 Å². The number of fused-ring (bicyclic) bond motifs is 1. The Bertz CT molecular complexity index is 802. The Morgan fingerprint density at radius 3 is 2.38 bits per heavy atom. The average Bonchev–Trinajstić information content (AvgIpc) is 2.57. The third-order valence-electron chi connectivity index (χ3n) is 4.09. The van der Waals surface area contributed by atoms with Gasteiger partial charge in [0.1, 0.15) is 5.75 Å². The van der Waals surface area contributed by atoms with Crippen LogP contribution in [0, 0.1) is 0 Å². The Kier molecular flexibility index (Phi) is 4.18. The maximum Gasteiger partial charge on any atom is 0.416 e. The normalized spacial score (nSPS) is 16.2. The van der Waals surface area contributed by atoms with Crippen molar-refractivity contribution in [3.63, 3.8) is 0 Å². The quantitative estimate of drug-likeness (QED) is 0.729. The molecule has 3 rings (SSSR count). The average molecular weight is 332 g/mol. The smallest absolute Gasteiger partial charge is 0.416 e. The monoisotopic (exact) mass is 332 g/mol. The van der Waals surface area contributed by atoms with Crippen LogP contribution in [0.1, 0.15) is 33.5 Å². The molecule has 0 aromatic heterocycles. The third-order valence-corrected chi connectivity index (χ3v) is 4.09. The molecule has 0 N–H and O–H groups in total. The second-order valence-electron chi connectivity index (χ2n) is 5.64. The Labute approximate surface area is 137 Å². The van der Waals surface area contributed by atoms with Gasteiger partial charge < -0.3 is 4.74 Å². The predicted octanol–water partition coefficient (Wildman–Crippen LogP) is 4.93. The zero-order valence-corrected chi connectivity index (χ0v) is 13.0. The molecule has 0 saturated carbocycles. The lowest BCUT2D eigenvalue weighted by Gasteiger charge is -2.18. The molecule has 124 valence electrons. The molecule has 0 radical (unpaired) electrons. The molecule has 2 nitrogen and oxygen atoms in total. The van der Waals surface area contributed by atoms with Crippen molar-refractivity contribution in [1.29, 1.82) is 0 Å². The molecule has 0 heterocycles. The molecule has 0 atom stereocenters. The van der Waals surface area contributed by atoms with Gasteiger partial charge in [-0.3, -0.25) is 4.79 Å². The third kappa shape index (κ3) is 3.20. The number of Topliss-reactive ketones (excluding diaryl/α,β-unsaturated/α-hetero) is 1. The number of rotatable bonds is 2. The number of hydrogen-bond donors (Lipinski definition) is 0. The molecule has 5 heteroatoms. The number of ether oxygens (including phenoxy) is 1. The van der Waals surface area contributed by atoms with Crippen LogP contribution in [0.15, 0.2) is 48.0 Å². The van der Waals surface area contributed by atoms with Gasteiger partial charge in [0, 0.05) is 11.1 Å². The van der Waals surface area contributed by atoms with E-state index in [2.05, 4.69) is 0 Å². The van der Waals surface area contributed by atoms with E-state index in [9.17, 15) is 18.0 Å². The lowest BCUT2D eigenvalue weighted by atomic mass is 9.86. The van der Waals surface area contributed by atoms with Crippen molar-refractivity contribution in [3.05, 3.63) is 70.3 Å². The number of halogens is 3. The van der Waals surface area contributed by atoms with E-state index < -0.39 is 11.7 Å². The first-order valence-corrected chi connectivity index (χ1v) is 7.48. The molecule has 0 unspecified atom stereocenters. The molecule has 0 fully saturated rings. The summed E-state index contributed by atoms with van der Waals surface area (Å²) in [5.41, 5.74) is 2.05. The number of ketones is 1. The van der Waals surface area contributed by atoms with Crippen molar-refractivity contribution < 1.29 is 22.7 Å². The molecule has 0 aliphatic heterocycles. The first-order valence-electron chi connectivity index (χ1n) is 7.48. The number of alkyl halides is 3. The van der Waals surface area contributed by atoms with E-state index in [-0.39, 0.29) is 5.78 Å². The summed E-state index contributed by atoms with van der Waals surface area (Å²) < 4.78 is 42.9. The number of carbonyl (C=O) groups is 1. The second kappa shape index (κ2) is 6.15. The molecular weight excluding hydrogens is 317 g/mol. The van der Waals surface area contributed by atoms with E-state index in [1.165, 1.54) is 12.1 Å². The summed E-state index contributed by atoms with van der Waals surface area (Å²) in [5.74, 6) is 0.621. The van der Waals surface area contributed by atoms with Gasteiger partial charge in [-0.15, -0.1) is 0 Å². The van der Waals surface area contributed by atoms with Crippen LogP contribution in [0.3, 0.4) is 0 Å². The minimum atomic E-state index is -4.36. The molecule has 2 aromatic rings. The predicted molar refractivity (Wildman–Crippen MR) is 85.1 cm³/mol. The van der Waals surface area contributed by atoms with E-state index in [1.54, 1.807) is 25.3 Å². The van der Waals surface area contributed by atoms with Crippen LogP contribution < -0.4 is 4.74 Å². The second-order valence-corrected chi connectivity index (χ2v) is 5.64. The molecule has 1 aliphatic carbocycles. The summed E-state index contributed by atoms with van der Waals surface area (Å²) in [4.78, 5) is 12.6. The summed E-state index contributed by atoms with van der Waals surface area (Å²) in [7, 11) is 1.57. The van der Waals surface area contributed by atoms with Crippen LogP contribution in [-0.4, -0.2) is 12.9 Å². The fraction of sp³-hybridized carbons (Fsp3) is 0.211. The van der Waals surface area contributed by atoms with Gasteiger partial charge in [0.05, 0.1) is 12.7 Å². The first-order chi connectivity index (χ1) is 11.4. The molecule has 1 aliphatic rings. The van der Waals surface area contributed by atoms with Crippen molar-refractivity contribution >= 4 is 11.9 Å². The number of benzene rings is 2. The van der Waals surface area contributed by atoms with Crippen LogP contribution in [-0.2, 0) is 12.6 Å². The standard InChI is InChI=1S/C19H15F3O2/c1-24-16-8-9-17-13(11-16)4-5-14(18(17)23)10-12-2-6-15(7-3-12)19(20,21)22/h2-3,6-11H,4-5H2,1H3/b14-10+. The number of hydrogen-bond acceptors (Lipinski definition) is 2. The highest BCUT2D eigenvalue weighted by atomic mass is 19.4. The molecule has 0 spiro atoms. The van der Waals surface area contributed by atoms with Gasteiger partial charge in [-0.2, -0.15) is 13.2 Å². The van der Waals surface area contributed by atoms with E-state index >= 15 is 0 Å². The van der Waals surface area contributed by atoms with Crippen LogP contribution in [0.4, 0.5) is 13.2 Å². The van der Waals surface area contributed by atoms with Crippen LogP contribution in [0.2, 0.25) is 0 Å². The van der Waals surface area contributed by atoms with Crippen molar-refractivity contribution in [2.75, 3.05) is 7.11 Å². The largest absolute Gasteiger partial charge is 0.497 e. The summed E-state index contributed by atoms with van der Waals surface area (Å²) in [6.45, 7) is 0. The maximum atomic E-state index is 12.6. The summed E-state index contributed by atoms with van der Waals surface area (Å²) >= 11 is 0. The van der Waals surface area contributed by atoms with Crippen molar-refractivity contribution in [3.8, 4) is 5.75 Å². The molecule has 0 saturated heterocycles. The summed E-state index contributed by atoms with van der Waals surface area (Å²) in [5, 5.41) is 0. The van der Waals surface area contributed by atoms with Gasteiger partial charge in [-0.05, 0) is 60.4 Å². The lowest BCUT2D eigenvalue weighted by molar-refractivity contribution is -0.137. The van der Waals surface area contributed by atoms with Crippen LogP contribution >= 0.6 is 0 Å². The van der Waals surface area contributed by atoms with Gasteiger partial charge in [0.25, 0.3) is 0 Å². The lowest BCUT2D eigenvalue weighted by Crippen LogP contribution is -2.14. The Morgan fingerprint density at radius 1 is 1.04 bits per heavy atom. The number of methoxy groups -OCH3 is 1. The highest BCUT2D eigenvalue weighted by Gasteiger charge is 2.30. The Balaban J connectivity index is 1.87. The molecule has 0 amide bonds. The fourth-order valence-electron chi connectivity index (χ4n) is 2.79. The van der Waals surface area contributed by atoms with Crippen molar-refractivity contribution in [2.45, 2.75) is 19.0 Å². The van der Waals surface area contributed by atoms with Crippen LogP contribution in [0.25, 0.3) is 6.08 Å². The number of aryl methyl sites for hydroxylation is 1. The number of carbonyl (C=O) groups excluding carboxylic acids is 1. The van der Waals surface area contributed by atoms with E-state index in [1.807, 2.05) is 6.07 Å². The zero-order valence-electron chi connectivity index (χ0n) is 13.0. The minimum Gasteiger partial charge on any atom is -0.497 e. The molecule has 24 heavy (non-hydrogen) atoms. The Hall–Kier alpha value is -2.56. The highest BCUT2D eigenvalue weighted by molar-refractivity contribution is 6.13. The van der Waals surface area contributed by atoms with E-state index in [4.69, 9.17) is 4.74 Å². The number of allylic oxidation sites excluding steroid dienone is 1. The van der Waals surface area contributed by atoms with Crippen LogP contribution in [0.5, 0.6) is 5.75 Å². The molecule has 0 bridgehead atoms. The topological polar surface area (TPSA) is 26.3 Å². The maximum absolute atomic E-state index is 12.6. The van der Waals surface area contributed by atoms with Gasteiger partial charge in [-0.25, -0.2) is 0 Å².